The van der Waals surface area contributed by atoms with Gasteiger partial charge in [-0.25, -0.2) is 4.98 Å². The molecule has 2 saturated carbocycles. The van der Waals surface area contributed by atoms with Gasteiger partial charge in [-0.15, -0.1) is 0 Å². The molecule has 1 aromatic heterocycles. The van der Waals surface area contributed by atoms with E-state index in [1.807, 2.05) is 12.1 Å². The third-order valence-electron chi connectivity index (χ3n) is 4.60. The van der Waals surface area contributed by atoms with Crippen molar-refractivity contribution < 1.29 is 4.79 Å². The van der Waals surface area contributed by atoms with E-state index in [9.17, 15) is 9.59 Å². The highest BCUT2D eigenvalue weighted by Gasteiger charge is 2.46. The topological polar surface area (TPSA) is 98.6 Å². The summed E-state index contributed by atoms with van der Waals surface area (Å²) in [7, 11) is 0. The van der Waals surface area contributed by atoms with Crippen LogP contribution in [0.15, 0.2) is 35.1 Å². The van der Waals surface area contributed by atoms with Crippen LogP contribution in [-0.2, 0) is 5.54 Å². The number of benzene rings is 1. The molecule has 2 fully saturated rings. The highest BCUT2D eigenvalue weighted by molar-refractivity contribution is 5.93. The number of hydrogen-bond acceptors (Lipinski definition) is 4. The van der Waals surface area contributed by atoms with E-state index in [-0.39, 0.29) is 23.1 Å². The Labute approximate surface area is 138 Å². The van der Waals surface area contributed by atoms with E-state index < -0.39 is 5.54 Å². The molecule has 120 valence electrons. The first kappa shape index (κ1) is 14.6. The van der Waals surface area contributed by atoms with E-state index in [1.54, 1.807) is 12.1 Å². The third-order valence-corrected chi connectivity index (χ3v) is 4.60. The SMILES string of the molecule is N#Cc1cccc(C2(NC(=O)c3cc(=O)[nH]c(C4CC4)n3)CC2)c1. The van der Waals surface area contributed by atoms with Gasteiger partial charge in [-0.2, -0.15) is 5.26 Å². The minimum absolute atomic E-state index is 0.156. The number of aromatic nitrogens is 2. The van der Waals surface area contributed by atoms with E-state index in [0.29, 0.717) is 11.4 Å². The quantitative estimate of drug-likeness (QED) is 0.899. The first-order valence-electron chi connectivity index (χ1n) is 8.04. The Bertz CT molecular complexity index is 917. The van der Waals surface area contributed by atoms with Crippen molar-refractivity contribution in [3.8, 4) is 6.07 Å². The van der Waals surface area contributed by atoms with Crippen LogP contribution in [0.25, 0.3) is 0 Å². The minimum atomic E-state index is -0.450. The monoisotopic (exact) mass is 320 g/mol. The molecule has 0 aliphatic heterocycles. The summed E-state index contributed by atoms with van der Waals surface area (Å²) >= 11 is 0. The fourth-order valence-corrected chi connectivity index (χ4v) is 2.92. The van der Waals surface area contributed by atoms with Crippen LogP contribution in [0.2, 0.25) is 0 Å². The molecule has 1 aromatic carbocycles. The van der Waals surface area contributed by atoms with Crippen molar-refractivity contribution in [3.63, 3.8) is 0 Å². The van der Waals surface area contributed by atoms with E-state index in [2.05, 4.69) is 21.4 Å². The Balaban J connectivity index is 1.60. The lowest BCUT2D eigenvalue weighted by Gasteiger charge is -2.18. The van der Waals surface area contributed by atoms with Gasteiger partial charge in [0.05, 0.1) is 17.2 Å². The molecule has 2 aliphatic carbocycles. The molecule has 0 bridgehead atoms. The van der Waals surface area contributed by atoms with Gasteiger partial charge in [-0.05, 0) is 43.4 Å². The predicted molar refractivity (Wildman–Crippen MR) is 86.4 cm³/mol. The second-order valence-corrected chi connectivity index (χ2v) is 6.52. The lowest BCUT2D eigenvalue weighted by Crippen LogP contribution is -2.36. The smallest absolute Gasteiger partial charge is 0.270 e. The molecule has 6 nitrogen and oxygen atoms in total. The van der Waals surface area contributed by atoms with Crippen LogP contribution in [0.5, 0.6) is 0 Å². The van der Waals surface area contributed by atoms with Crippen LogP contribution >= 0.6 is 0 Å². The summed E-state index contributed by atoms with van der Waals surface area (Å²) in [4.78, 5) is 31.4. The summed E-state index contributed by atoms with van der Waals surface area (Å²) in [6.45, 7) is 0. The zero-order chi connectivity index (χ0) is 16.7. The number of amides is 1. The summed E-state index contributed by atoms with van der Waals surface area (Å²) in [6.07, 6.45) is 3.62. The number of nitrogens with one attached hydrogen (secondary N) is 2. The number of nitrogens with zero attached hydrogens (tertiary/aromatic N) is 2. The molecule has 0 atom stereocenters. The largest absolute Gasteiger partial charge is 0.341 e. The van der Waals surface area contributed by atoms with E-state index >= 15 is 0 Å². The maximum atomic E-state index is 12.6. The summed E-state index contributed by atoms with van der Waals surface area (Å²) in [6, 6.07) is 10.6. The maximum absolute atomic E-state index is 12.6. The van der Waals surface area contributed by atoms with Gasteiger partial charge in [-0.3, -0.25) is 9.59 Å². The van der Waals surface area contributed by atoms with Gasteiger partial charge in [0.25, 0.3) is 11.5 Å². The van der Waals surface area contributed by atoms with Gasteiger partial charge in [0.15, 0.2) is 0 Å². The van der Waals surface area contributed by atoms with Crippen LogP contribution in [0, 0.1) is 11.3 Å². The number of rotatable bonds is 4. The molecule has 2 aliphatic rings. The van der Waals surface area contributed by atoms with Crippen LogP contribution in [0.4, 0.5) is 0 Å². The van der Waals surface area contributed by atoms with Gasteiger partial charge in [0, 0.05) is 12.0 Å². The van der Waals surface area contributed by atoms with Crippen LogP contribution < -0.4 is 10.9 Å². The first-order chi connectivity index (χ1) is 11.6. The van der Waals surface area contributed by atoms with Gasteiger partial charge < -0.3 is 10.3 Å². The highest BCUT2D eigenvalue weighted by atomic mass is 16.2. The zero-order valence-corrected chi connectivity index (χ0v) is 13.0. The highest BCUT2D eigenvalue weighted by Crippen LogP contribution is 2.45. The average Bonchev–Trinajstić information content (AvgIpc) is 3.48. The van der Waals surface area contributed by atoms with Crippen molar-refractivity contribution >= 4 is 5.91 Å². The maximum Gasteiger partial charge on any atom is 0.270 e. The van der Waals surface area contributed by atoms with Crippen LogP contribution in [0.3, 0.4) is 0 Å². The molecule has 2 N–H and O–H groups in total. The molecular formula is C18H16N4O2. The molecule has 2 aromatic rings. The van der Waals surface area contributed by atoms with Crippen LogP contribution in [0.1, 0.15) is 59.0 Å². The van der Waals surface area contributed by atoms with Crippen molar-refractivity contribution in [1.29, 1.82) is 5.26 Å². The number of aromatic amines is 1. The number of carbonyl (C=O) groups is 1. The Kier molecular flexibility index (Phi) is 3.24. The summed E-state index contributed by atoms with van der Waals surface area (Å²) in [5, 5.41) is 12.0. The van der Waals surface area contributed by atoms with Crippen molar-refractivity contribution in [2.45, 2.75) is 37.1 Å². The predicted octanol–water partition coefficient (Wildman–Crippen LogP) is 1.94. The molecule has 1 amide bonds. The Morgan fingerprint density at radius 2 is 2.12 bits per heavy atom. The second-order valence-electron chi connectivity index (χ2n) is 6.52. The van der Waals surface area contributed by atoms with Crippen LogP contribution in [-0.4, -0.2) is 15.9 Å². The minimum Gasteiger partial charge on any atom is -0.341 e. The number of carbonyl (C=O) groups excluding carboxylic acids is 1. The molecule has 0 unspecified atom stereocenters. The van der Waals surface area contributed by atoms with Crippen molar-refractivity contribution in [1.82, 2.24) is 15.3 Å². The zero-order valence-electron chi connectivity index (χ0n) is 13.0. The summed E-state index contributed by atoms with van der Waals surface area (Å²) in [5.41, 5.74) is 0.894. The van der Waals surface area contributed by atoms with Gasteiger partial charge in [-0.1, -0.05) is 12.1 Å². The lowest BCUT2D eigenvalue weighted by atomic mass is 10.0. The van der Waals surface area contributed by atoms with Crippen molar-refractivity contribution in [2.75, 3.05) is 0 Å². The third kappa shape index (κ3) is 2.69. The molecule has 0 saturated heterocycles. The molecule has 24 heavy (non-hydrogen) atoms. The fourth-order valence-electron chi connectivity index (χ4n) is 2.92. The Morgan fingerprint density at radius 3 is 2.79 bits per heavy atom. The normalized spacial score (nSPS) is 17.8. The van der Waals surface area contributed by atoms with E-state index in [4.69, 9.17) is 5.26 Å². The molecular weight excluding hydrogens is 304 g/mol. The summed E-state index contributed by atoms with van der Waals surface area (Å²) in [5.74, 6) is 0.527. The molecule has 1 heterocycles. The molecule has 0 radical (unpaired) electrons. The van der Waals surface area contributed by atoms with Gasteiger partial charge in [0.2, 0.25) is 0 Å². The number of nitriles is 1. The number of hydrogen-bond donors (Lipinski definition) is 2. The Hall–Kier alpha value is -2.94. The van der Waals surface area contributed by atoms with E-state index in [0.717, 1.165) is 31.2 Å². The Morgan fingerprint density at radius 1 is 1.33 bits per heavy atom. The van der Waals surface area contributed by atoms with Gasteiger partial charge in [0.1, 0.15) is 11.5 Å². The molecule has 6 heteroatoms. The van der Waals surface area contributed by atoms with Gasteiger partial charge >= 0.3 is 0 Å². The van der Waals surface area contributed by atoms with E-state index in [1.165, 1.54) is 6.07 Å². The lowest BCUT2D eigenvalue weighted by molar-refractivity contribution is 0.0925. The fraction of sp³-hybridized carbons (Fsp3) is 0.333. The summed E-state index contributed by atoms with van der Waals surface area (Å²) < 4.78 is 0. The first-order valence-corrected chi connectivity index (χ1v) is 8.04. The molecule has 0 spiro atoms. The second kappa shape index (κ2) is 5.31. The van der Waals surface area contributed by atoms with Crippen molar-refractivity contribution in [3.05, 3.63) is 63.3 Å². The average molecular weight is 320 g/mol. The van der Waals surface area contributed by atoms with Crippen molar-refractivity contribution in [2.24, 2.45) is 0 Å². The standard InChI is InChI=1S/C18H16N4O2/c19-10-11-2-1-3-13(8-11)18(6-7-18)22-17(24)14-9-15(23)21-16(20-14)12-4-5-12/h1-3,8-9,12H,4-7H2,(H,22,24)(H,20,21,23). The number of H-pyrrole nitrogens is 1. The molecule has 4 rings (SSSR count).